The van der Waals surface area contributed by atoms with Gasteiger partial charge in [-0.1, -0.05) is 72.8 Å². The number of nitrogens with zero attached hydrogens (tertiary/aromatic N) is 1. The summed E-state index contributed by atoms with van der Waals surface area (Å²) in [5, 5.41) is 3.61. The van der Waals surface area contributed by atoms with E-state index in [1.165, 1.54) is 5.56 Å². The van der Waals surface area contributed by atoms with Crippen LogP contribution in [0.3, 0.4) is 0 Å². The van der Waals surface area contributed by atoms with Crippen LogP contribution in [0, 0.1) is 0 Å². The van der Waals surface area contributed by atoms with Crippen molar-refractivity contribution in [3.8, 4) is 0 Å². The zero-order valence-electron chi connectivity index (χ0n) is 15.3. The number of para-hydroxylation sites is 2. The molecular formula is C24H24N2O. The van der Waals surface area contributed by atoms with Crippen LogP contribution in [-0.2, 0) is 17.8 Å². The molecule has 1 atom stereocenters. The van der Waals surface area contributed by atoms with Crippen molar-refractivity contribution >= 4 is 17.3 Å². The predicted octanol–water partition coefficient (Wildman–Crippen LogP) is 5.04. The first-order valence-electron chi connectivity index (χ1n) is 9.53. The van der Waals surface area contributed by atoms with E-state index in [1.54, 1.807) is 0 Å². The average molecular weight is 356 g/mol. The first-order valence-corrected chi connectivity index (χ1v) is 9.53. The summed E-state index contributed by atoms with van der Waals surface area (Å²) in [5.41, 5.74) is 4.46. The maximum atomic E-state index is 13.1. The summed E-state index contributed by atoms with van der Waals surface area (Å²) in [7, 11) is 0. The standard InChI is InChI=1S/C24H24N2O/c27-24-17-21(16-15-19-9-3-1-4-10-19)25-22-13-7-8-14-23(22)26(24)18-20-11-5-2-6-12-20/h1-14,21,25H,15-18H2. The molecule has 0 fully saturated rings. The van der Waals surface area contributed by atoms with E-state index in [1.807, 2.05) is 47.4 Å². The smallest absolute Gasteiger partial charge is 0.229 e. The van der Waals surface area contributed by atoms with Gasteiger partial charge in [-0.15, -0.1) is 0 Å². The number of hydrogen-bond donors (Lipinski definition) is 1. The van der Waals surface area contributed by atoms with Crippen LogP contribution in [0.2, 0.25) is 0 Å². The molecule has 27 heavy (non-hydrogen) atoms. The topological polar surface area (TPSA) is 32.3 Å². The van der Waals surface area contributed by atoms with Gasteiger partial charge in [0.25, 0.3) is 0 Å². The van der Waals surface area contributed by atoms with Crippen LogP contribution in [0.25, 0.3) is 0 Å². The van der Waals surface area contributed by atoms with Crippen molar-refractivity contribution in [2.45, 2.75) is 31.8 Å². The Bertz CT molecular complexity index is 893. The molecule has 0 bridgehead atoms. The molecule has 0 aromatic heterocycles. The Hall–Kier alpha value is -3.07. The predicted molar refractivity (Wildman–Crippen MR) is 111 cm³/mol. The van der Waals surface area contributed by atoms with Crippen molar-refractivity contribution in [3.63, 3.8) is 0 Å². The number of benzene rings is 3. The molecule has 1 aliphatic heterocycles. The largest absolute Gasteiger partial charge is 0.380 e. The number of carbonyl (C=O) groups excluding carboxylic acids is 1. The highest BCUT2D eigenvalue weighted by Crippen LogP contribution is 2.32. The molecule has 136 valence electrons. The zero-order chi connectivity index (χ0) is 18.5. The fourth-order valence-corrected chi connectivity index (χ4v) is 3.66. The van der Waals surface area contributed by atoms with Crippen molar-refractivity contribution in [1.82, 2.24) is 0 Å². The molecule has 1 heterocycles. The number of hydrogen-bond acceptors (Lipinski definition) is 2. The summed E-state index contributed by atoms with van der Waals surface area (Å²) in [6.07, 6.45) is 2.41. The minimum atomic E-state index is 0.139. The van der Waals surface area contributed by atoms with Crippen molar-refractivity contribution in [2.75, 3.05) is 10.2 Å². The van der Waals surface area contributed by atoms with Gasteiger partial charge in [0, 0.05) is 12.5 Å². The van der Waals surface area contributed by atoms with E-state index in [0.717, 1.165) is 29.8 Å². The molecule has 3 aromatic carbocycles. The Labute approximate surface area is 160 Å². The first kappa shape index (κ1) is 17.3. The number of amides is 1. The fraction of sp³-hybridized carbons (Fsp3) is 0.208. The lowest BCUT2D eigenvalue weighted by atomic mass is 10.0. The fourth-order valence-electron chi connectivity index (χ4n) is 3.66. The third-order valence-electron chi connectivity index (χ3n) is 5.08. The van der Waals surface area contributed by atoms with Gasteiger partial charge < -0.3 is 10.2 Å². The Kier molecular flexibility index (Phi) is 5.20. The zero-order valence-corrected chi connectivity index (χ0v) is 15.3. The van der Waals surface area contributed by atoms with Gasteiger partial charge in [0.05, 0.1) is 17.9 Å². The summed E-state index contributed by atoms with van der Waals surface area (Å²) in [6, 6.07) is 28.9. The minimum Gasteiger partial charge on any atom is -0.380 e. The van der Waals surface area contributed by atoms with E-state index >= 15 is 0 Å². The van der Waals surface area contributed by atoms with Crippen LogP contribution in [0.15, 0.2) is 84.9 Å². The normalized spacial score (nSPS) is 16.4. The summed E-state index contributed by atoms with van der Waals surface area (Å²) < 4.78 is 0. The van der Waals surface area contributed by atoms with Crippen LogP contribution >= 0.6 is 0 Å². The summed E-state index contributed by atoms with van der Waals surface area (Å²) >= 11 is 0. The molecule has 0 saturated heterocycles. The van der Waals surface area contributed by atoms with E-state index in [0.29, 0.717) is 13.0 Å². The molecule has 1 N–H and O–H groups in total. The summed E-state index contributed by atoms with van der Waals surface area (Å²) in [5.74, 6) is 0.175. The number of carbonyl (C=O) groups is 1. The van der Waals surface area contributed by atoms with E-state index < -0.39 is 0 Å². The molecule has 3 aromatic rings. The van der Waals surface area contributed by atoms with Crippen LogP contribution < -0.4 is 10.2 Å². The van der Waals surface area contributed by atoms with Gasteiger partial charge in [0.1, 0.15) is 0 Å². The highest BCUT2D eigenvalue weighted by atomic mass is 16.2. The van der Waals surface area contributed by atoms with Crippen molar-refractivity contribution < 1.29 is 4.79 Å². The Balaban J connectivity index is 1.55. The van der Waals surface area contributed by atoms with Crippen LogP contribution in [0.4, 0.5) is 11.4 Å². The Morgan fingerprint density at radius 3 is 2.19 bits per heavy atom. The van der Waals surface area contributed by atoms with Gasteiger partial charge in [-0.25, -0.2) is 0 Å². The molecule has 0 saturated carbocycles. The van der Waals surface area contributed by atoms with Gasteiger partial charge in [-0.3, -0.25) is 4.79 Å². The van der Waals surface area contributed by atoms with Crippen LogP contribution in [-0.4, -0.2) is 11.9 Å². The average Bonchev–Trinajstić information content (AvgIpc) is 2.85. The number of anilines is 2. The van der Waals surface area contributed by atoms with Crippen LogP contribution in [0.1, 0.15) is 24.0 Å². The van der Waals surface area contributed by atoms with Crippen molar-refractivity contribution in [3.05, 3.63) is 96.1 Å². The van der Waals surface area contributed by atoms with Crippen molar-refractivity contribution in [1.29, 1.82) is 0 Å². The second kappa shape index (κ2) is 8.09. The maximum Gasteiger partial charge on any atom is 0.229 e. The molecule has 0 aliphatic carbocycles. The lowest BCUT2D eigenvalue weighted by Gasteiger charge is -2.22. The Morgan fingerprint density at radius 2 is 1.44 bits per heavy atom. The van der Waals surface area contributed by atoms with Gasteiger partial charge in [-0.2, -0.15) is 0 Å². The molecule has 1 amide bonds. The molecular weight excluding hydrogens is 332 g/mol. The summed E-state index contributed by atoms with van der Waals surface area (Å²) in [4.78, 5) is 15.0. The molecule has 3 nitrogen and oxygen atoms in total. The highest BCUT2D eigenvalue weighted by molar-refractivity contribution is 5.98. The molecule has 4 rings (SSSR count). The number of fused-ring (bicyclic) bond motifs is 1. The summed E-state index contributed by atoms with van der Waals surface area (Å²) in [6.45, 7) is 0.601. The second-order valence-corrected chi connectivity index (χ2v) is 7.05. The lowest BCUT2D eigenvalue weighted by Crippen LogP contribution is -2.32. The SMILES string of the molecule is O=C1CC(CCc2ccccc2)Nc2ccccc2N1Cc1ccccc1. The molecule has 1 unspecified atom stereocenters. The third kappa shape index (κ3) is 4.20. The molecule has 1 aliphatic rings. The third-order valence-corrected chi connectivity index (χ3v) is 5.08. The van der Waals surface area contributed by atoms with Crippen LogP contribution in [0.5, 0.6) is 0 Å². The first-order chi connectivity index (χ1) is 13.3. The quantitative estimate of drug-likeness (QED) is 0.695. The monoisotopic (exact) mass is 356 g/mol. The van der Waals surface area contributed by atoms with Gasteiger partial charge >= 0.3 is 0 Å². The van der Waals surface area contributed by atoms with Crippen molar-refractivity contribution in [2.24, 2.45) is 0 Å². The highest BCUT2D eigenvalue weighted by Gasteiger charge is 2.27. The van der Waals surface area contributed by atoms with Gasteiger partial charge in [-0.05, 0) is 36.1 Å². The minimum absolute atomic E-state index is 0.139. The Morgan fingerprint density at radius 1 is 0.815 bits per heavy atom. The number of aryl methyl sites for hydroxylation is 1. The second-order valence-electron chi connectivity index (χ2n) is 7.05. The van der Waals surface area contributed by atoms with E-state index in [-0.39, 0.29) is 11.9 Å². The molecule has 0 spiro atoms. The van der Waals surface area contributed by atoms with E-state index in [4.69, 9.17) is 0 Å². The number of nitrogens with one attached hydrogen (secondary N) is 1. The molecule has 3 heteroatoms. The van der Waals surface area contributed by atoms with Gasteiger partial charge in [0.15, 0.2) is 0 Å². The van der Waals surface area contributed by atoms with Gasteiger partial charge in [0.2, 0.25) is 5.91 Å². The molecule has 0 radical (unpaired) electrons. The maximum absolute atomic E-state index is 13.1. The lowest BCUT2D eigenvalue weighted by molar-refractivity contribution is -0.118. The number of rotatable bonds is 5. The van der Waals surface area contributed by atoms with E-state index in [2.05, 4.69) is 47.8 Å². The van der Waals surface area contributed by atoms with E-state index in [9.17, 15) is 4.79 Å².